The molecule has 3 aromatic rings. The van der Waals surface area contributed by atoms with Crippen LogP contribution in [0.5, 0.6) is 11.5 Å². The lowest BCUT2D eigenvalue weighted by Crippen LogP contribution is -2.17. The molecule has 0 radical (unpaired) electrons. The lowest BCUT2D eigenvalue weighted by Gasteiger charge is -2.19. The van der Waals surface area contributed by atoms with Gasteiger partial charge in [0.15, 0.2) is 28.6 Å². The molecule has 1 amide bonds. The van der Waals surface area contributed by atoms with Crippen molar-refractivity contribution in [3.8, 4) is 11.5 Å². The predicted molar refractivity (Wildman–Crippen MR) is 128 cm³/mol. The van der Waals surface area contributed by atoms with Crippen LogP contribution >= 0.6 is 35.0 Å². The van der Waals surface area contributed by atoms with E-state index in [1.165, 1.54) is 11.8 Å². The van der Waals surface area contributed by atoms with Gasteiger partial charge in [-0.2, -0.15) is 0 Å². The van der Waals surface area contributed by atoms with Crippen LogP contribution in [0, 0.1) is 0 Å². The first-order valence-corrected chi connectivity index (χ1v) is 11.7. The third-order valence-electron chi connectivity index (χ3n) is 4.48. The number of hydrogen-bond acceptors (Lipinski definition) is 6. The molecule has 1 unspecified atom stereocenters. The van der Waals surface area contributed by atoms with E-state index in [-0.39, 0.29) is 23.8 Å². The van der Waals surface area contributed by atoms with Crippen LogP contribution in [-0.2, 0) is 4.79 Å². The normalized spacial score (nSPS) is 12.0. The Balaban J connectivity index is 1.71. The Bertz CT molecular complexity index is 1090. The van der Waals surface area contributed by atoms with Gasteiger partial charge in [-0.3, -0.25) is 4.79 Å². The van der Waals surface area contributed by atoms with E-state index in [0.29, 0.717) is 38.2 Å². The van der Waals surface area contributed by atoms with Crippen molar-refractivity contribution in [3.63, 3.8) is 0 Å². The molecule has 1 atom stereocenters. The number of methoxy groups -OCH3 is 1. The summed E-state index contributed by atoms with van der Waals surface area (Å²) in [6.45, 7) is 5.95. The molecule has 32 heavy (non-hydrogen) atoms. The highest BCUT2D eigenvalue weighted by Gasteiger charge is 2.23. The maximum absolute atomic E-state index is 12.5. The molecule has 7 nitrogen and oxygen atoms in total. The molecule has 3 rings (SSSR count). The number of aromatic nitrogens is 3. The highest BCUT2D eigenvalue weighted by molar-refractivity contribution is 7.99. The zero-order valence-electron chi connectivity index (χ0n) is 18.1. The molecule has 1 heterocycles. The summed E-state index contributed by atoms with van der Waals surface area (Å²) in [5.41, 5.74) is 0.467. The number of ether oxygens (including phenoxy) is 2. The van der Waals surface area contributed by atoms with Gasteiger partial charge in [0.05, 0.1) is 23.6 Å². The molecule has 0 spiro atoms. The van der Waals surface area contributed by atoms with Crippen molar-refractivity contribution in [1.82, 2.24) is 14.8 Å². The average molecular weight is 495 g/mol. The molecule has 0 saturated heterocycles. The van der Waals surface area contributed by atoms with E-state index in [1.54, 1.807) is 25.3 Å². The largest absolute Gasteiger partial charge is 0.493 e. The van der Waals surface area contributed by atoms with Gasteiger partial charge in [0, 0.05) is 11.1 Å². The van der Waals surface area contributed by atoms with Gasteiger partial charge in [-0.15, -0.1) is 10.2 Å². The number of rotatable bonds is 9. The summed E-state index contributed by atoms with van der Waals surface area (Å²) in [6.07, 6.45) is -0.380. The van der Waals surface area contributed by atoms with E-state index in [4.69, 9.17) is 32.7 Å². The van der Waals surface area contributed by atoms with Crippen LogP contribution < -0.4 is 14.8 Å². The zero-order chi connectivity index (χ0) is 23.3. The second kappa shape index (κ2) is 10.9. The first-order valence-electron chi connectivity index (χ1n) is 9.92. The first kappa shape index (κ1) is 24.2. The summed E-state index contributed by atoms with van der Waals surface area (Å²) < 4.78 is 13.4. The van der Waals surface area contributed by atoms with E-state index < -0.39 is 0 Å². The number of halogens is 2. The lowest BCUT2D eigenvalue weighted by molar-refractivity contribution is -0.113. The molecule has 2 aromatic carbocycles. The van der Waals surface area contributed by atoms with Gasteiger partial charge >= 0.3 is 0 Å². The number of benzene rings is 2. The van der Waals surface area contributed by atoms with Crippen molar-refractivity contribution in [3.05, 3.63) is 58.3 Å². The Morgan fingerprint density at radius 1 is 1.12 bits per heavy atom. The van der Waals surface area contributed by atoms with Crippen molar-refractivity contribution in [2.45, 2.75) is 38.1 Å². The van der Waals surface area contributed by atoms with Crippen molar-refractivity contribution in [2.75, 3.05) is 18.2 Å². The van der Waals surface area contributed by atoms with E-state index in [1.807, 2.05) is 49.6 Å². The average Bonchev–Trinajstić information content (AvgIpc) is 3.20. The minimum atomic E-state index is -0.380. The third-order valence-corrected chi connectivity index (χ3v) is 5.99. The lowest BCUT2D eigenvalue weighted by atomic mass is 10.3. The third kappa shape index (κ3) is 5.88. The molecule has 0 aliphatic rings. The molecule has 1 aromatic heterocycles. The molecular formula is C22H24Cl2N4O3S. The van der Waals surface area contributed by atoms with Crippen LogP contribution in [0.25, 0.3) is 0 Å². The van der Waals surface area contributed by atoms with Crippen molar-refractivity contribution < 1.29 is 14.3 Å². The molecule has 170 valence electrons. The smallest absolute Gasteiger partial charge is 0.234 e. The minimum Gasteiger partial charge on any atom is -0.493 e. The standard InChI is InChI=1S/C22H24Cl2N4O3S/c1-13(2)28-21(14(3)31-19-8-6-5-7-18(19)30-4)26-27-22(28)32-12-20(29)25-17-11-15(23)9-10-16(17)24/h5-11,13-14H,12H2,1-4H3,(H,25,29). The Morgan fingerprint density at radius 2 is 1.84 bits per heavy atom. The Kier molecular flexibility index (Phi) is 8.28. The fourth-order valence-electron chi connectivity index (χ4n) is 3.02. The molecular weight excluding hydrogens is 471 g/mol. The first-order chi connectivity index (χ1) is 15.3. The van der Waals surface area contributed by atoms with Gasteiger partial charge in [-0.1, -0.05) is 47.1 Å². The molecule has 0 aliphatic carbocycles. The van der Waals surface area contributed by atoms with Gasteiger partial charge in [-0.05, 0) is 51.1 Å². The summed E-state index contributed by atoms with van der Waals surface area (Å²) in [4.78, 5) is 12.5. The Labute approximate surface area is 201 Å². The number of anilines is 1. The monoisotopic (exact) mass is 494 g/mol. The number of nitrogens with one attached hydrogen (secondary N) is 1. The summed E-state index contributed by atoms with van der Waals surface area (Å²) in [5.74, 6) is 1.83. The second-order valence-corrected chi connectivity index (χ2v) is 8.96. The Morgan fingerprint density at radius 3 is 2.53 bits per heavy atom. The van der Waals surface area contributed by atoms with Gasteiger partial charge in [-0.25, -0.2) is 0 Å². The van der Waals surface area contributed by atoms with Gasteiger partial charge in [0.1, 0.15) is 0 Å². The summed E-state index contributed by atoms with van der Waals surface area (Å²) in [6, 6.07) is 12.4. The van der Waals surface area contributed by atoms with Crippen LogP contribution in [0.15, 0.2) is 47.6 Å². The van der Waals surface area contributed by atoms with E-state index >= 15 is 0 Å². The van der Waals surface area contributed by atoms with Crippen LogP contribution in [0.4, 0.5) is 5.69 Å². The molecule has 0 fully saturated rings. The highest BCUT2D eigenvalue weighted by Crippen LogP contribution is 2.32. The number of para-hydroxylation sites is 2. The molecule has 0 saturated carbocycles. The number of nitrogens with zero attached hydrogens (tertiary/aromatic N) is 3. The number of carbonyl (C=O) groups is 1. The van der Waals surface area contributed by atoms with Crippen LogP contribution in [-0.4, -0.2) is 33.5 Å². The fraction of sp³-hybridized carbons (Fsp3) is 0.318. The van der Waals surface area contributed by atoms with Crippen molar-refractivity contribution in [2.24, 2.45) is 0 Å². The van der Waals surface area contributed by atoms with Gasteiger partial charge < -0.3 is 19.4 Å². The van der Waals surface area contributed by atoms with E-state index in [2.05, 4.69) is 15.5 Å². The van der Waals surface area contributed by atoms with E-state index in [9.17, 15) is 4.79 Å². The summed E-state index contributed by atoms with van der Waals surface area (Å²) in [7, 11) is 1.60. The van der Waals surface area contributed by atoms with Crippen LogP contribution in [0.3, 0.4) is 0 Å². The van der Waals surface area contributed by atoms with Crippen molar-refractivity contribution in [1.29, 1.82) is 0 Å². The van der Waals surface area contributed by atoms with Crippen LogP contribution in [0.2, 0.25) is 10.0 Å². The topological polar surface area (TPSA) is 78.3 Å². The number of thioether (sulfide) groups is 1. The SMILES string of the molecule is COc1ccccc1OC(C)c1nnc(SCC(=O)Nc2cc(Cl)ccc2Cl)n1C(C)C. The predicted octanol–water partition coefficient (Wildman–Crippen LogP) is 6.05. The second-order valence-electron chi connectivity index (χ2n) is 7.18. The minimum absolute atomic E-state index is 0.0663. The zero-order valence-corrected chi connectivity index (χ0v) is 20.5. The Hall–Kier alpha value is -2.42. The van der Waals surface area contributed by atoms with E-state index in [0.717, 1.165) is 0 Å². The maximum atomic E-state index is 12.5. The molecule has 1 N–H and O–H groups in total. The van der Waals surface area contributed by atoms with Crippen molar-refractivity contribution >= 4 is 46.6 Å². The van der Waals surface area contributed by atoms with Crippen LogP contribution in [0.1, 0.15) is 38.7 Å². The van der Waals surface area contributed by atoms with Gasteiger partial charge in [0.25, 0.3) is 0 Å². The quantitative estimate of drug-likeness (QED) is 0.365. The molecule has 10 heteroatoms. The maximum Gasteiger partial charge on any atom is 0.234 e. The number of amides is 1. The highest BCUT2D eigenvalue weighted by atomic mass is 35.5. The molecule has 0 aliphatic heterocycles. The number of hydrogen-bond donors (Lipinski definition) is 1. The summed E-state index contributed by atoms with van der Waals surface area (Å²) >= 11 is 13.4. The number of carbonyl (C=O) groups excluding carboxylic acids is 1. The summed E-state index contributed by atoms with van der Waals surface area (Å²) in [5, 5.41) is 12.9. The van der Waals surface area contributed by atoms with Gasteiger partial charge in [0.2, 0.25) is 5.91 Å². The fourth-order valence-corrected chi connectivity index (χ4v) is 4.23. The molecule has 0 bridgehead atoms.